The first-order valence-electron chi connectivity index (χ1n) is 12.8. The van der Waals surface area contributed by atoms with Gasteiger partial charge in [0.2, 0.25) is 0 Å². The van der Waals surface area contributed by atoms with Gasteiger partial charge in [-0.1, -0.05) is 12.1 Å². The second-order valence-corrected chi connectivity index (χ2v) is 10.1. The Kier molecular flexibility index (Phi) is 5.97. The predicted molar refractivity (Wildman–Crippen MR) is 144 cm³/mol. The van der Waals surface area contributed by atoms with Gasteiger partial charge in [-0.3, -0.25) is 9.67 Å². The molecule has 1 fully saturated rings. The molecular weight excluding hydrogens is 463 g/mol. The number of halogens is 1. The summed E-state index contributed by atoms with van der Waals surface area (Å²) in [6.45, 7) is 0.948. The minimum atomic E-state index is -0.522. The number of hydrogen-bond donors (Lipinski definition) is 1. The number of benzene rings is 2. The van der Waals surface area contributed by atoms with Gasteiger partial charge >= 0.3 is 0 Å². The van der Waals surface area contributed by atoms with E-state index >= 15 is 0 Å². The number of nitrogens with zero attached hydrogens (tertiary/aromatic N) is 5. The fraction of sp³-hybridized carbons (Fsp3) is 0.300. The maximum Gasteiger partial charge on any atom is 0.141 e. The first-order chi connectivity index (χ1) is 18.1. The number of hydrogen-bond acceptors (Lipinski definition) is 4. The van der Waals surface area contributed by atoms with Gasteiger partial charge in [-0.25, -0.2) is 4.39 Å². The number of rotatable bonds is 5. The lowest BCUT2D eigenvalue weighted by Gasteiger charge is -2.28. The molecule has 1 saturated carbocycles. The predicted octanol–water partition coefficient (Wildman–Crippen LogP) is 6.05. The van der Waals surface area contributed by atoms with Crippen LogP contribution in [0.15, 0.2) is 61.1 Å². The quantitative estimate of drug-likeness (QED) is 0.324. The van der Waals surface area contributed by atoms with Gasteiger partial charge in [-0.15, -0.1) is 0 Å². The Morgan fingerprint density at radius 3 is 2.59 bits per heavy atom. The number of nitriles is 1. The van der Waals surface area contributed by atoms with E-state index < -0.39 is 5.82 Å². The first-order valence-corrected chi connectivity index (χ1v) is 12.8. The van der Waals surface area contributed by atoms with Crippen LogP contribution in [0.2, 0.25) is 0 Å². The van der Waals surface area contributed by atoms with Gasteiger partial charge in [0, 0.05) is 47.7 Å². The molecule has 1 aliphatic carbocycles. The average molecular weight is 493 g/mol. The van der Waals surface area contributed by atoms with Gasteiger partial charge in [0.25, 0.3) is 0 Å². The zero-order chi connectivity index (χ0) is 25.5. The highest BCUT2D eigenvalue weighted by Gasteiger charge is 2.22. The van der Waals surface area contributed by atoms with Crippen LogP contribution in [0, 0.1) is 23.1 Å². The van der Waals surface area contributed by atoms with Crippen molar-refractivity contribution in [3.8, 4) is 28.5 Å². The summed E-state index contributed by atoms with van der Waals surface area (Å²) in [5.74, 6) is 0.107. The third-order valence-corrected chi connectivity index (χ3v) is 7.94. The Hall–Kier alpha value is -4.02. The molecule has 37 heavy (non-hydrogen) atoms. The topological polar surface area (TPSA) is 71.5 Å². The molecule has 1 N–H and O–H groups in total. The summed E-state index contributed by atoms with van der Waals surface area (Å²) in [6, 6.07) is 15.7. The summed E-state index contributed by atoms with van der Waals surface area (Å²) >= 11 is 0. The lowest BCUT2D eigenvalue weighted by molar-refractivity contribution is 0.278. The summed E-state index contributed by atoms with van der Waals surface area (Å²) in [6.07, 6.45) is 10.7. The molecule has 3 heterocycles. The van der Waals surface area contributed by atoms with Gasteiger partial charge in [0.05, 0.1) is 34.7 Å². The van der Waals surface area contributed by atoms with Crippen molar-refractivity contribution in [2.45, 2.75) is 38.3 Å². The number of pyridine rings is 1. The van der Waals surface area contributed by atoms with Crippen LogP contribution in [-0.4, -0.2) is 32.4 Å². The second kappa shape index (κ2) is 9.45. The van der Waals surface area contributed by atoms with E-state index in [9.17, 15) is 9.65 Å². The highest BCUT2D eigenvalue weighted by atomic mass is 19.1. The monoisotopic (exact) mass is 492 g/mol. The normalized spacial score (nSPS) is 17.9. The molecular formula is C30H29FN6. The Morgan fingerprint density at radius 2 is 1.84 bits per heavy atom. The van der Waals surface area contributed by atoms with Crippen molar-refractivity contribution >= 4 is 21.8 Å². The molecule has 7 heteroatoms. The summed E-state index contributed by atoms with van der Waals surface area (Å²) in [7, 11) is 3.97. The van der Waals surface area contributed by atoms with Crippen LogP contribution in [0.1, 0.15) is 31.2 Å². The second-order valence-electron chi connectivity index (χ2n) is 10.1. The molecule has 0 spiro atoms. The van der Waals surface area contributed by atoms with Crippen molar-refractivity contribution in [1.29, 1.82) is 5.26 Å². The first kappa shape index (κ1) is 23.4. The largest absolute Gasteiger partial charge is 0.346 e. The molecule has 0 saturated heterocycles. The molecule has 186 valence electrons. The van der Waals surface area contributed by atoms with Crippen LogP contribution in [0.25, 0.3) is 44.2 Å². The van der Waals surface area contributed by atoms with Gasteiger partial charge in [-0.2, -0.15) is 10.4 Å². The van der Waals surface area contributed by atoms with Gasteiger partial charge in [0.1, 0.15) is 11.9 Å². The minimum Gasteiger partial charge on any atom is -0.346 e. The van der Waals surface area contributed by atoms with Crippen molar-refractivity contribution in [3.63, 3.8) is 0 Å². The lowest BCUT2D eigenvalue weighted by Crippen LogP contribution is -2.31. The van der Waals surface area contributed by atoms with Crippen molar-refractivity contribution in [2.75, 3.05) is 7.05 Å². The SMILES string of the molecule is CNC1CCC(Cn2ccc3c(-c4ccc(C#N)c(F)c4)c(-c4ccc5c(cnn5C)c4)ncc32)CC1. The van der Waals surface area contributed by atoms with E-state index in [0.717, 1.165) is 45.2 Å². The van der Waals surface area contributed by atoms with Crippen LogP contribution >= 0.6 is 0 Å². The third kappa shape index (κ3) is 4.17. The Labute approximate surface area is 215 Å². The van der Waals surface area contributed by atoms with Gasteiger partial charge in [0.15, 0.2) is 0 Å². The smallest absolute Gasteiger partial charge is 0.141 e. The maximum absolute atomic E-state index is 14.8. The third-order valence-electron chi connectivity index (χ3n) is 7.94. The van der Waals surface area contributed by atoms with E-state index in [0.29, 0.717) is 17.5 Å². The Bertz CT molecular complexity index is 1650. The van der Waals surface area contributed by atoms with E-state index in [-0.39, 0.29) is 5.56 Å². The zero-order valence-corrected chi connectivity index (χ0v) is 21.1. The van der Waals surface area contributed by atoms with Crippen molar-refractivity contribution in [2.24, 2.45) is 13.0 Å². The molecule has 6 rings (SSSR count). The molecule has 0 aliphatic heterocycles. The van der Waals surface area contributed by atoms with Crippen LogP contribution in [0.4, 0.5) is 4.39 Å². The fourth-order valence-electron chi connectivity index (χ4n) is 5.81. The van der Waals surface area contributed by atoms with Crippen LogP contribution in [0.5, 0.6) is 0 Å². The molecule has 6 nitrogen and oxygen atoms in total. The van der Waals surface area contributed by atoms with E-state index in [1.807, 2.05) is 55.4 Å². The minimum absolute atomic E-state index is 0.0388. The van der Waals surface area contributed by atoms with E-state index in [2.05, 4.69) is 33.3 Å². The molecule has 5 aromatic rings. The highest BCUT2D eigenvalue weighted by molar-refractivity contribution is 6.02. The Balaban J connectivity index is 1.48. The molecule has 1 aliphatic rings. The Morgan fingerprint density at radius 1 is 1.03 bits per heavy atom. The molecule has 0 bridgehead atoms. The van der Waals surface area contributed by atoms with Crippen LogP contribution < -0.4 is 5.32 Å². The van der Waals surface area contributed by atoms with Gasteiger partial charge in [-0.05, 0) is 74.5 Å². The van der Waals surface area contributed by atoms with Crippen LogP contribution in [-0.2, 0) is 13.6 Å². The van der Waals surface area contributed by atoms with E-state index in [4.69, 9.17) is 4.98 Å². The standard InChI is InChI=1S/C30H29FN6/c1-33-24-8-3-19(4-9-24)18-37-12-11-25-28(37)17-34-30(21-7-10-27-23(13-21)16-35-36(27)2)29(25)20-5-6-22(15-32)26(31)14-20/h5-7,10-14,16-17,19,24,33H,3-4,8-9,18H2,1-2H3. The molecule has 0 unspecified atom stereocenters. The highest BCUT2D eigenvalue weighted by Crippen LogP contribution is 2.39. The summed E-state index contributed by atoms with van der Waals surface area (Å²) in [4.78, 5) is 4.95. The number of nitrogens with one attached hydrogen (secondary N) is 1. The molecule has 0 amide bonds. The fourth-order valence-corrected chi connectivity index (χ4v) is 5.81. The average Bonchev–Trinajstić information content (AvgIpc) is 3.51. The maximum atomic E-state index is 14.8. The summed E-state index contributed by atoms with van der Waals surface area (Å²) in [5, 5.41) is 19.1. The number of aryl methyl sites for hydroxylation is 1. The van der Waals surface area contributed by atoms with Crippen LogP contribution in [0.3, 0.4) is 0 Å². The van der Waals surface area contributed by atoms with E-state index in [1.54, 1.807) is 6.07 Å². The summed E-state index contributed by atoms with van der Waals surface area (Å²) < 4.78 is 18.9. The van der Waals surface area contributed by atoms with Crippen molar-refractivity contribution in [3.05, 3.63) is 72.4 Å². The summed E-state index contributed by atoms with van der Waals surface area (Å²) in [5.41, 5.74) is 5.44. The van der Waals surface area contributed by atoms with Gasteiger partial charge < -0.3 is 9.88 Å². The lowest BCUT2D eigenvalue weighted by atomic mass is 9.86. The number of fused-ring (bicyclic) bond motifs is 2. The van der Waals surface area contributed by atoms with E-state index in [1.165, 1.54) is 31.7 Å². The molecule has 2 aromatic carbocycles. The van der Waals surface area contributed by atoms with Crippen molar-refractivity contribution < 1.29 is 4.39 Å². The zero-order valence-electron chi connectivity index (χ0n) is 21.1. The molecule has 0 radical (unpaired) electrons. The molecule has 3 aromatic heterocycles. The number of aromatic nitrogens is 4. The van der Waals surface area contributed by atoms with Crippen molar-refractivity contribution in [1.82, 2.24) is 24.6 Å². The molecule has 0 atom stereocenters.